The Hall–Kier alpha value is -0.410. The van der Waals surface area contributed by atoms with Crippen molar-refractivity contribution in [2.75, 3.05) is 32.7 Å². The van der Waals surface area contributed by atoms with Gasteiger partial charge in [-0.15, -0.1) is 0 Å². The number of hydrogen-bond acceptors (Lipinski definition) is 11. The number of fused-ring (bicyclic) bond motifs is 2. The van der Waals surface area contributed by atoms with Crippen LogP contribution in [0.2, 0.25) is 0 Å². The van der Waals surface area contributed by atoms with Gasteiger partial charge >= 0.3 is 0 Å². The first-order valence-corrected chi connectivity index (χ1v) is 12.2. The second kappa shape index (κ2) is 11.5. The molecule has 0 radical (unpaired) electrons. The lowest BCUT2D eigenvalue weighted by molar-refractivity contribution is -0.158. The van der Waals surface area contributed by atoms with E-state index in [-0.39, 0.29) is 54.4 Å². The van der Waals surface area contributed by atoms with Crippen molar-refractivity contribution < 1.29 is 52.7 Å². The maximum absolute atomic E-state index is 11.3. The van der Waals surface area contributed by atoms with Crippen LogP contribution in [-0.2, 0) is 42.7 Å². The van der Waals surface area contributed by atoms with Crippen LogP contribution < -0.4 is 0 Å². The molecule has 0 spiro atoms. The fourth-order valence-electron chi connectivity index (χ4n) is 4.21. The van der Waals surface area contributed by atoms with Crippen LogP contribution in [0, 0.1) is 0 Å². The van der Waals surface area contributed by atoms with Gasteiger partial charge in [0.1, 0.15) is 30.5 Å². The highest BCUT2D eigenvalue weighted by molar-refractivity contribution is 7.86. The largest absolute Gasteiger partial charge is 0.394 e. The zero-order chi connectivity index (χ0) is 23.0. The van der Waals surface area contributed by atoms with Crippen LogP contribution in [0.1, 0.15) is 50.4 Å². The van der Waals surface area contributed by atoms with Crippen molar-refractivity contribution >= 4 is 10.1 Å². The molecule has 33 heavy (non-hydrogen) atoms. The van der Waals surface area contributed by atoms with E-state index in [9.17, 15) is 13.5 Å². The second-order valence-corrected chi connectivity index (χ2v) is 10.6. The summed E-state index contributed by atoms with van der Waals surface area (Å²) < 4.78 is 60.7. The second-order valence-electron chi connectivity index (χ2n) is 9.04. The van der Waals surface area contributed by atoms with Crippen LogP contribution >= 0.6 is 0 Å². The van der Waals surface area contributed by atoms with Crippen molar-refractivity contribution in [3.63, 3.8) is 0 Å². The van der Waals surface area contributed by atoms with Crippen LogP contribution in [-0.4, -0.2) is 106 Å². The first-order chi connectivity index (χ1) is 14.3. The Balaban J connectivity index is 0.000000612. The summed E-state index contributed by atoms with van der Waals surface area (Å²) in [6, 6.07) is 0. The van der Waals surface area contributed by atoms with Crippen LogP contribution in [0.15, 0.2) is 0 Å². The van der Waals surface area contributed by atoms with Crippen molar-refractivity contribution in [2.24, 2.45) is 0 Å². The van der Waals surface area contributed by atoms with Gasteiger partial charge in [-0.3, -0.25) is 4.18 Å². The molecule has 4 saturated heterocycles. The summed E-state index contributed by atoms with van der Waals surface area (Å²) in [7, 11) is -3.67. The van der Waals surface area contributed by atoms with Crippen LogP contribution in [0.4, 0.5) is 0 Å². The molecule has 0 bridgehead atoms. The SMILES string of the molecule is C.C.CC1(C)O[C@H]2COC(CO)C[C@H]2O1.CC1(C)O[C@H]2[C@H](COC(CO)[C@@H]2OS(C)(=O)=O)O1.[HH]. The number of aliphatic hydroxyl groups excluding tert-OH is 2. The van der Waals surface area contributed by atoms with Crippen molar-refractivity contribution in [1.29, 1.82) is 0 Å². The van der Waals surface area contributed by atoms with Gasteiger partial charge in [-0.25, -0.2) is 0 Å². The van der Waals surface area contributed by atoms with Gasteiger partial charge in [-0.2, -0.15) is 8.42 Å². The zero-order valence-corrected chi connectivity index (χ0v) is 19.4. The van der Waals surface area contributed by atoms with Gasteiger partial charge in [0.05, 0.1) is 44.9 Å². The molecule has 4 aliphatic heterocycles. The van der Waals surface area contributed by atoms with E-state index in [2.05, 4.69) is 0 Å². The smallest absolute Gasteiger partial charge is 0.264 e. The van der Waals surface area contributed by atoms with Gasteiger partial charge in [0.25, 0.3) is 10.1 Å². The number of hydrogen-bond donors (Lipinski definition) is 2. The molecule has 0 amide bonds. The highest BCUT2D eigenvalue weighted by atomic mass is 32.2. The Bertz CT molecular complexity index is 718. The molecule has 12 heteroatoms. The molecule has 0 saturated carbocycles. The maximum Gasteiger partial charge on any atom is 0.264 e. The zero-order valence-electron chi connectivity index (χ0n) is 18.6. The monoisotopic (exact) mass is 504 g/mol. The third kappa shape index (κ3) is 8.06. The van der Waals surface area contributed by atoms with Crippen molar-refractivity contribution in [3.8, 4) is 0 Å². The van der Waals surface area contributed by atoms with E-state index < -0.39 is 46.1 Å². The fraction of sp³-hybridized carbons (Fsp3) is 1.00. The highest BCUT2D eigenvalue weighted by Crippen LogP contribution is 2.36. The number of ether oxygens (including phenoxy) is 6. The summed E-state index contributed by atoms with van der Waals surface area (Å²) in [6.07, 6.45) is -0.882. The van der Waals surface area contributed by atoms with Crippen LogP contribution in [0.5, 0.6) is 0 Å². The van der Waals surface area contributed by atoms with Crippen molar-refractivity contribution in [1.82, 2.24) is 0 Å². The topological polar surface area (TPSA) is 139 Å². The molecule has 0 aromatic carbocycles. The highest BCUT2D eigenvalue weighted by Gasteiger charge is 2.52. The molecule has 7 atom stereocenters. The van der Waals surface area contributed by atoms with Gasteiger partial charge in [0.2, 0.25) is 0 Å². The molecule has 200 valence electrons. The van der Waals surface area contributed by atoms with Gasteiger partial charge < -0.3 is 38.6 Å². The van der Waals surface area contributed by atoms with E-state index in [1.807, 2.05) is 13.8 Å². The Labute approximate surface area is 199 Å². The van der Waals surface area contributed by atoms with E-state index in [1.54, 1.807) is 13.8 Å². The molecule has 0 aromatic heterocycles. The average Bonchev–Trinajstić information content (AvgIpc) is 3.13. The molecule has 2 unspecified atom stereocenters. The summed E-state index contributed by atoms with van der Waals surface area (Å²) in [4.78, 5) is 0. The Morgan fingerprint density at radius 2 is 1.42 bits per heavy atom. The van der Waals surface area contributed by atoms with Crippen LogP contribution in [0.3, 0.4) is 0 Å². The quantitative estimate of drug-likeness (QED) is 0.531. The molecule has 4 heterocycles. The van der Waals surface area contributed by atoms with Gasteiger partial charge in [-0.05, 0) is 27.7 Å². The summed E-state index contributed by atoms with van der Waals surface area (Å²) in [5, 5.41) is 18.1. The predicted octanol–water partition coefficient (Wildman–Crippen LogP) is 1.05. The Morgan fingerprint density at radius 1 is 0.879 bits per heavy atom. The van der Waals surface area contributed by atoms with Gasteiger partial charge in [0.15, 0.2) is 11.6 Å². The van der Waals surface area contributed by atoms with Crippen molar-refractivity contribution in [3.05, 3.63) is 0 Å². The van der Waals surface area contributed by atoms with Crippen molar-refractivity contribution in [2.45, 2.75) is 103 Å². The first-order valence-electron chi connectivity index (χ1n) is 10.4. The summed E-state index contributed by atoms with van der Waals surface area (Å²) >= 11 is 0. The average molecular weight is 505 g/mol. The van der Waals surface area contributed by atoms with E-state index in [4.69, 9.17) is 37.7 Å². The lowest BCUT2D eigenvalue weighted by atomic mass is 10.0. The lowest BCUT2D eigenvalue weighted by Gasteiger charge is -2.35. The third-order valence-corrected chi connectivity index (χ3v) is 5.90. The van der Waals surface area contributed by atoms with E-state index >= 15 is 0 Å². The fourth-order valence-corrected chi connectivity index (χ4v) is 4.84. The minimum atomic E-state index is -3.67. The van der Waals surface area contributed by atoms with Crippen LogP contribution in [0.25, 0.3) is 0 Å². The molecule has 0 aromatic rings. The van der Waals surface area contributed by atoms with Gasteiger partial charge in [0, 0.05) is 7.85 Å². The molecule has 4 fully saturated rings. The molecule has 11 nitrogen and oxygen atoms in total. The lowest BCUT2D eigenvalue weighted by Crippen LogP contribution is -2.54. The molecular formula is C21H44O11S. The first kappa shape index (κ1) is 30.6. The predicted molar refractivity (Wildman–Crippen MR) is 121 cm³/mol. The van der Waals surface area contributed by atoms with E-state index in [0.717, 1.165) is 12.7 Å². The minimum absolute atomic E-state index is 0. The number of aliphatic hydroxyl groups is 2. The maximum atomic E-state index is 11.3. The molecule has 4 rings (SSSR count). The Kier molecular flexibility index (Phi) is 10.7. The standard InChI is InChI=1S/C10H18O7S.C9H16O4.2CH4.H2/c1-10(2)15-7-5-14-6(4-11)9(8(7)16-10)17-18(3,12)13;1-9(2)12-7-3-6(4-10)11-5-8(7)13-9;;;/h6-9,11H,4-5H2,1-3H3;6-8,10H,3-5H2,1-2H3;2*1H4;1H/t6?,7-,8-,9-;6?,7-,8+;;;/m01.../s1. The normalized spacial score (nSPS) is 38.6. The summed E-state index contributed by atoms with van der Waals surface area (Å²) in [6.45, 7) is 7.76. The summed E-state index contributed by atoms with van der Waals surface area (Å²) in [5.74, 6) is -1.31. The van der Waals surface area contributed by atoms with E-state index in [0.29, 0.717) is 6.61 Å². The summed E-state index contributed by atoms with van der Waals surface area (Å²) in [5.41, 5.74) is 0. The van der Waals surface area contributed by atoms with Gasteiger partial charge in [-0.1, -0.05) is 14.9 Å². The van der Waals surface area contributed by atoms with E-state index in [1.165, 1.54) is 0 Å². The molecule has 2 N–H and O–H groups in total. The molecule has 4 aliphatic rings. The molecular weight excluding hydrogens is 460 g/mol. The minimum Gasteiger partial charge on any atom is -0.394 e. The third-order valence-electron chi connectivity index (χ3n) is 5.33. The molecule has 0 aliphatic carbocycles. The number of rotatable bonds is 4. The Morgan fingerprint density at radius 3 is 2.00 bits per heavy atom.